The molecule has 1 aromatic heterocycles. The Kier molecular flexibility index (Phi) is 3.97. The summed E-state index contributed by atoms with van der Waals surface area (Å²) < 4.78 is 31.7. The zero-order valence-corrected chi connectivity index (χ0v) is 13.0. The van der Waals surface area contributed by atoms with Crippen LogP contribution in [-0.4, -0.2) is 19.8 Å². The van der Waals surface area contributed by atoms with Crippen LogP contribution in [0.5, 0.6) is 0 Å². The summed E-state index contributed by atoms with van der Waals surface area (Å²) in [5, 5.41) is 1.37. The number of benzene rings is 1. The van der Waals surface area contributed by atoms with Gasteiger partial charge < -0.3 is 4.74 Å². The van der Waals surface area contributed by atoms with Crippen molar-refractivity contribution in [1.29, 1.82) is 0 Å². The monoisotopic (exact) mass is 320 g/mol. The van der Waals surface area contributed by atoms with E-state index in [9.17, 15) is 8.42 Å². The first-order chi connectivity index (χ1) is 10.1. The summed E-state index contributed by atoms with van der Waals surface area (Å²) in [4.78, 5) is 1.30. The molecule has 1 aliphatic heterocycles. The summed E-state index contributed by atoms with van der Waals surface area (Å²) in [5.74, 6) is 0. The number of hydrogen-bond donors (Lipinski definition) is 0. The van der Waals surface area contributed by atoms with Crippen molar-refractivity contribution in [3.63, 3.8) is 0 Å². The van der Waals surface area contributed by atoms with Crippen molar-refractivity contribution in [3.05, 3.63) is 65.4 Å². The van der Waals surface area contributed by atoms with Gasteiger partial charge in [0.2, 0.25) is 0 Å². The zero-order valence-electron chi connectivity index (χ0n) is 11.4. The molecule has 110 valence electrons. The van der Waals surface area contributed by atoms with Gasteiger partial charge in [-0.15, -0.1) is 17.9 Å². The van der Waals surface area contributed by atoms with Crippen molar-refractivity contribution in [2.45, 2.75) is 28.8 Å². The van der Waals surface area contributed by atoms with Crippen LogP contribution in [0.1, 0.15) is 17.4 Å². The molecule has 3 rings (SSSR count). The maximum absolute atomic E-state index is 12.9. The zero-order chi connectivity index (χ0) is 14.9. The predicted molar refractivity (Wildman–Crippen MR) is 84.2 cm³/mol. The highest BCUT2D eigenvalue weighted by atomic mass is 32.2. The Balaban J connectivity index is 2.00. The fraction of sp³-hybridized carbons (Fsp3) is 0.250. The number of ether oxygens (including phenoxy) is 1. The van der Waals surface area contributed by atoms with Crippen LogP contribution in [0, 0.1) is 0 Å². The first kappa shape index (κ1) is 14.5. The lowest BCUT2D eigenvalue weighted by Gasteiger charge is -2.17. The van der Waals surface area contributed by atoms with Crippen LogP contribution in [0.25, 0.3) is 0 Å². The van der Waals surface area contributed by atoms with Crippen LogP contribution in [0.15, 0.2) is 65.4 Å². The van der Waals surface area contributed by atoms with E-state index in [0.29, 0.717) is 11.3 Å². The lowest BCUT2D eigenvalue weighted by atomic mass is 10.1. The first-order valence-electron chi connectivity index (χ1n) is 6.73. The van der Waals surface area contributed by atoms with E-state index in [1.807, 2.05) is 23.6 Å². The Bertz CT molecular complexity index is 705. The Labute approximate surface area is 128 Å². The molecule has 1 saturated heterocycles. The van der Waals surface area contributed by atoms with Gasteiger partial charge in [0.25, 0.3) is 0 Å². The molecular formula is C16H16O3S2. The summed E-state index contributed by atoms with van der Waals surface area (Å²) in [5.41, 5.74) is 0. The lowest BCUT2D eigenvalue weighted by molar-refractivity contribution is 0.0743. The predicted octanol–water partition coefficient (Wildman–Crippen LogP) is 3.61. The topological polar surface area (TPSA) is 43.4 Å². The van der Waals surface area contributed by atoms with E-state index >= 15 is 0 Å². The third-order valence-corrected chi connectivity index (χ3v) is 6.78. The summed E-state index contributed by atoms with van der Waals surface area (Å²) in [6.45, 7) is 3.73. The van der Waals surface area contributed by atoms with Gasteiger partial charge in [-0.2, -0.15) is 0 Å². The van der Waals surface area contributed by atoms with Crippen molar-refractivity contribution in [2.24, 2.45) is 0 Å². The fourth-order valence-electron chi connectivity index (χ4n) is 2.61. The Morgan fingerprint density at radius 2 is 1.95 bits per heavy atom. The molecule has 2 heterocycles. The fourth-order valence-corrected chi connectivity index (χ4v) is 5.39. The van der Waals surface area contributed by atoms with Crippen molar-refractivity contribution in [1.82, 2.24) is 0 Å². The third kappa shape index (κ3) is 2.69. The maximum Gasteiger partial charge on any atom is 0.184 e. The second-order valence-corrected chi connectivity index (χ2v) is 8.12. The number of rotatable bonds is 4. The summed E-state index contributed by atoms with van der Waals surface area (Å²) in [7, 11) is -3.42. The van der Waals surface area contributed by atoms with E-state index in [4.69, 9.17) is 4.74 Å². The summed E-state index contributed by atoms with van der Waals surface area (Å²) >= 11 is 1.52. The average molecular weight is 320 g/mol. The normalized spacial score (nSPS) is 25.8. The molecular weight excluding hydrogens is 304 g/mol. The first-order valence-corrected chi connectivity index (χ1v) is 9.16. The third-order valence-electron chi connectivity index (χ3n) is 3.68. The summed E-state index contributed by atoms with van der Waals surface area (Å²) in [6.07, 6.45) is 1.49. The van der Waals surface area contributed by atoms with E-state index in [2.05, 4.69) is 6.58 Å². The van der Waals surface area contributed by atoms with Crippen LogP contribution in [-0.2, 0) is 14.6 Å². The molecule has 3 atom stereocenters. The largest absolute Gasteiger partial charge is 0.364 e. The van der Waals surface area contributed by atoms with Crippen molar-refractivity contribution >= 4 is 21.2 Å². The molecule has 0 saturated carbocycles. The van der Waals surface area contributed by atoms with E-state index in [1.54, 1.807) is 30.3 Å². The van der Waals surface area contributed by atoms with Gasteiger partial charge in [0.15, 0.2) is 9.84 Å². The lowest BCUT2D eigenvalue weighted by Crippen LogP contribution is -2.24. The van der Waals surface area contributed by atoms with E-state index in [0.717, 1.165) is 4.88 Å². The van der Waals surface area contributed by atoms with E-state index in [-0.39, 0.29) is 6.10 Å². The van der Waals surface area contributed by atoms with Crippen molar-refractivity contribution in [3.8, 4) is 0 Å². The van der Waals surface area contributed by atoms with Crippen LogP contribution in [0.2, 0.25) is 0 Å². The van der Waals surface area contributed by atoms with Gasteiger partial charge in [-0.05, 0) is 30.0 Å². The minimum Gasteiger partial charge on any atom is -0.364 e. The van der Waals surface area contributed by atoms with Gasteiger partial charge in [0, 0.05) is 4.88 Å². The molecule has 0 spiro atoms. The highest BCUT2D eigenvalue weighted by Crippen LogP contribution is 2.41. The molecule has 0 aliphatic carbocycles. The smallest absolute Gasteiger partial charge is 0.184 e. The minimum absolute atomic E-state index is 0.222. The SMILES string of the molecule is C=C[C@H]1C[C@@H](S(=O)(=O)c2ccccc2)[C@H](c2cccs2)O1. The van der Waals surface area contributed by atoms with Gasteiger partial charge in [-0.3, -0.25) is 0 Å². The van der Waals surface area contributed by atoms with Crippen LogP contribution >= 0.6 is 11.3 Å². The quantitative estimate of drug-likeness (QED) is 0.808. The highest BCUT2D eigenvalue weighted by Gasteiger charge is 2.44. The average Bonchev–Trinajstić information content (AvgIpc) is 3.17. The number of hydrogen-bond acceptors (Lipinski definition) is 4. The number of thiophene rings is 1. The summed E-state index contributed by atoms with van der Waals surface area (Å²) in [6, 6.07) is 12.4. The molecule has 1 aromatic carbocycles. The van der Waals surface area contributed by atoms with Crippen LogP contribution in [0.3, 0.4) is 0 Å². The minimum atomic E-state index is -3.42. The van der Waals surface area contributed by atoms with Crippen LogP contribution < -0.4 is 0 Å². The van der Waals surface area contributed by atoms with E-state index in [1.165, 1.54) is 11.3 Å². The second kappa shape index (κ2) is 5.75. The molecule has 0 N–H and O–H groups in total. The molecule has 0 radical (unpaired) electrons. The molecule has 1 aliphatic rings. The molecule has 5 heteroatoms. The molecule has 3 nitrogen and oxygen atoms in total. The van der Waals surface area contributed by atoms with Gasteiger partial charge >= 0.3 is 0 Å². The highest BCUT2D eigenvalue weighted by molar-refractivity contribution is 7.92. The molecule has 0 amide bonds. The second-order valence-electron chi connectivity index (χ2n) is 4.98. The molecule has 2 aromatic rings. The molecule has 0 bridgehead atoms. The molecule has 0 unspecified atom stereocenters. The van der Waals surface area contributed by atoms with Gasteiger partial charge in [0.1, 0.15) is 6.10 Å². The van der Waals surface area contributed by atoms with Gasteiger partial charge in [-0.1, -0.05) is 30.3 Å². The maximum atomic E-state index is 12.9. The van der Waals surface area contributed by atoms with Crippen molar-refractivity contribution in [2.75, 3.05) is 0 Å². The van der Waals surface area contributed by atoms with Crippen molar-refractivity contribution < 1.29 is 13.2 Å². The molecule has 1 fully saturated rings. The Hall–Kier alpha value is -1.43. The Morgan fingerprint density at radius 1 is 1.19 bits per heavy atom. The van der Waals surface area contributed by atoms with Gasteiger partial charge in [-0.25, -0.2) is 8.42 Å². The number of sulfone groups is 1. The van der Waals surface area contributed by atoms with Gasteiger partial charge in [0.05, 0.1) is 16.2 Å². The van der Waals surface area contributed by atoms with Crippen LogP contribution in [0.4, 0.5) is 0 Å². The molecule has 21 heavy (non-hydrogen) atoms. The Morgan fingerprint density at radius 3 is 2.57 bits per heavy atom. The van der Waals surface area contributed by atoms with E-state index < -0.39 is 21.2 Å². The standard InChI is InChI=1S/C16H16O3S2/c1-2-12-11-15(16(19-12)14-9-6-10-20-14)21(17,18)13-7-4-3-5-8-13/h2-10,12,15-16H,1,11H2/t12-,15+,16-/m0/s1.